The van der Waals surface area contributed by atoms with Gasteiger partial charge in [0.25, 0.3) is 5.91 Å². The van der Waals surface area contributed by atoms with Gasteiger partial charge in [-0.3, -0.25) is 4.79 Å². The standard InChI is InChI=1S/C17H24N2O2/c1-18-10-15-7-4-8-19(16(15)11-18)17(20)14-6-3-5-13(9-14)12-21-2/h3,5-6,9,15-16H,4,7-8,10-12H2,1-2H3/t15-,16+/m0/s1. The van der Waals surface area contributed by atoms with E-state index >= 15 is 0 Å². The highest BCUT2D eigenvalue weighted by Gasteiger charge is 2.39. The molecule has 2 fully saturated rings. The molecule has 0 bridgehead atoms. The van der Waals surface area contributed by atoms with Crippen LogP contribution in [0.5, 0.6) is 0 Å². The van der Waals surface area contributed by atoms with Crippen molar-refractivity contribution in [2.24, 2.45) is 5.92 Å². The van der Waals surface area contributed by atoms with Gasteiger partial charge in [0.2, 0.25) is 0 Å². The summed E-state index contributed by atoms with van der Waals surface area (Å²) in [5.41, 5.74) is 1.85. The van der Waals surface area contributed by atoms with Crippen molar-refractivity contribution in [1.82, 2.24) is 9.80 Å². The van der Waals surface area contributed by atoms with Gasteiger partial charge >= 0.3 is 0 Å². The van der Waals surface area contributed by atoms with Crippen molar-refractivity contribution in [1.29, 1.82) is 0 Å². The van der Waals surface area contributed by atoms with Crippen LogP contribution >= 0.6 is 0 Å². The maximum absolute atomic E-state index is 12.9. The third-order valence-corrected chi connectivity index (χ3v) is 4.71. The molecule has 2 heterocycles. The zero-order valence-electron chi connectivity index (χ0n) is 12.9. The monoisotopic (exact) mass is 288 g/mol. The van der Waals surface area contributed by atoms with Crippen LogP contribution in [-0.4, -0.2) is 55.5 Å². The summed E-state index contributed by atoms with van der Waals surface area (Å²) >= 11 is 0. The Bertz CT molecular complexity index is 517. The highest BCUT2D eigenvalue weighted by Crippen LogP contribution is 2.30. The van der Waals surface area contributed by atoms with E-state index in [9.17, 15) is 4.79 Å². The van der Waals surface area contributed by atoms with Gasteiger partial charge in [-0.1, -0.05) is 12.1 Å². The van der Waals surface area contributed by atoms with Crippen LogP contribution in [0.15, 0.2) is 24.3 Å². The summed E-state index contributed by atoms with van der Waals surface area (Å²) in [5, 5.41) is 0. The van der Waals surface area contributed by atoms with Crippen molar-refractivity contribution in [3.05, 3.63) is 35.4 Å². The lowest BCUT2D eigenvalue weighted by Crippen LogP contribution is -2.48. The molecule has 0 aromatic heterocycles. The molecule has 4 nitrogen and oxygen atoms in total. The number of hydrogen-bond acceptors (Lipinski definition) is 3. The topological polar surface area (TPSA) is 32.8 Å². The summed E-state index contributed by atoms with van der Waals surface area (Å²) in [6, 6.07) is 8.23. The van der Waals surface area contributed by atoms with E-state index < -0.39 is 0 Å². The van der Waals surface area contributed by atoms with E-state index in [1.807, 2.05) is 24.3 Å². The lowest BCUT2D eigenvalue weighted by Gasteiger charge is -2.37. The smallest absolute Gasteiger partial charge is 0.254 e. The molecule has 0 aliphatic carbocycles. The number of piperidine rings is 1. The second kappa shape index (κ2) is 6.16. The first kappa shape index (κ1) is 14.5. The fourth-order valence-corrected chi connectivity index (χ4v) is 3.77. The van der Waals surface area contributed by atoms with E-state index in [4.69, 9.17) is 4.74 Å². The summed E-state index contributed by atoms with van der Waals surface area (Å²) in [7, 11) is 3.83. The van der Waals surface area contributed by atoms with Crippen molar-refractivity contribution in [3.63, 3.8) is 0 Å². The minimum atomic E-state index is 0.179. The van der Waals surface area contributed by atoms with Crippen LogP contribution in [0.2, 0.25) is 0 Å². The number of benzene rings is 1. The molecule has 2 aliphatic rings. The molecule has 0 unspecified atom stereocenters. The highest BCUT2D eigenvalue weighted by molar-refractivity contribution is 5.94. The molecule has 2 saturated heterocycles. The summed E-state index contributed by atoms with van der Waals surface area (Å²) in [6.07, 6.45) is 2.38. The SMILES string of the molecule is COCc1cccc(C(=O)N2CCC[C@H]3CN(C)C[C@H]32)c1. The molecule has 0 radical (unpaired) electrons. The second-order valence-corrected chi connectivity index (χ2v) is 6.32. The molecular weight excluding hydrogens is 264 g/mol. The molecule has 3 rings (SSSR count). The van der Waals surface area contributed by atoms with Crippen molar-refractivity contribution >= 4 is 5.91 Å². The lowest BCUT2D eigenvalue weighted by atomic mass is 9.91. The number of carbonyl (C=O) groups excluding carboxylic acids is 1. The molecule has 4 heteroatoms. The summed E-state index contributed by atoms with van der Waals surface area (Å²) < 4.78 is 5.16. The van der Waals surface area contributed by atoms with Gasteiger partial charge in [0, 0.05) is 38.3 Å². The van der Waals surface area contributed by atoms with E-state index in [0.29, 0.717) is 18.6 Å². The highest BCUT2D eigenvalue weighted by atomic mass is 16.5. The first-order valence-corrected chi connectivity index (χ1v) is 7.76. The van der Waals surface area contributed by atoms with Gasteiger partial charge in [-0.25, -0.2) is 0 Å². The number of likely N-dealkylation sites (N-methyl/N-ethyl adjacent to an activating group) is 1. The Morgan fingerprint density at radius 2 is 2.24 bits per heavy atom. The van der Waals surface area contributed by atoms with Gasteiger partial charge in [0.1, 0.15) is 0 Å². The third-order valence-electron chi connectivity index (χ3n) is 4.71. The Hall–Kier alpha value is -1.39. The van der Waals surface area contributed by atoms with Crippen LogP contribution in [0.4, 0.5) is 0 Å². The normalized spacial score (nSPS) is 25.9. The number of likely N-dealkylation sites (tertiary alicyclic amines) is 2. The summed E-state index contributed by atoms with van der Waals surface area (Å²) in [6.45, 7) is 3.57. The van der Waals surface area contributed by atoms with Crippen LogP contribution in [0, 0.1) is 5.92 Å². The number of fused-ring (bicyclic) bond motifs is 1. The van der Waals surface area contributed by atoms with Crippen LogP contribution < -0.4 is 0 Å². The molecule has 2 aliphatic heterocycles. The maximum atomic E-state index is 12.9. The Morgan fingerprint density at radius 3 is 3.05 bits per heavy atom. The van der Waals surface area contributed by atoms with E-state index in [1.54, 1.807) is 7.11 Å². The summed E-state index contributed by atoms with van der Waals surface area (Å²) in [4.78, 5) is 17.3. The van der Waals surface area contributed by atoms with E-state index in [-0.39, 0.29) is 5.91 Å². The molecule has 1 aromatic carbocycles. The Balaban J connectivity index is 1.79. The minimum Gasteiger partial charge on any atom is -0.380 e. The molecule has 2 atom stereocenters. The van der Waals surface area contributed by atoms with Crippen molar-refractivity contribution in [2.75, 3.05) is 33.8 Å². The van der Waals surface area contributed by atoms with Crippen molar-refractivity contribution < 1.29 is 9.53 Å². The van der Waals surface area contributed by atoms with Crippen LogP contribution in [0.3, 0.4) is 0 Å². The minimum absolute atomic E-state index is 0.179. The van der Waals surface area contributed by atoms with Crippen molar-refractivity contribution in [2.45, 2.75) is 25.5 Å². The molecule has 0 N–H and O–H groups in total. The molecule has 1 amide bonds. The van der Waals surface area contributed by atoms with Gasteiger partial charge in [0.15, 0.2) is 0 Å². The molecule has 1 aromatic rings. The average molecular weight is 288 g/mol. The largest absolute Gasteiger partial charge is 0.380 e. The molecular formula is C17H24N2O2. The van der Waals surface area contributed by atoms with E-state index in [2.05, 4.69) is 16.8 Å². The van der Waals surface area contributed by atoms with Crippen LogP contribution in [-0.2, 0) is 11.3 Å². The molecule has 114 valence electrons. The molecule has 21 heavy (non-hydrogen) atoms. The van der Waals surface area contributed by atoms with Gasteiger partial charge in [-0.15, -0.1) is 0 Å². The Kier molecular flexibility index (Phi) is 4.27. The summed E-state index contributed by atoms with van der Waals surface area (Å²) in [5.74, 6) is 0.827. The predicted molar refractivity (Wildman–Crippen MR) is 82.2 cm³/mol. The Morgan fingerprint density at radius 1 is 1.38 bits per heavy atom. The second-order valence-electron chi connectivity index (χ2n) is 6.32. The third kappa shape index (κ3) is 2.97. The van der Waals surface area contributed by atoms with Gasteiger partial charge in [0.05, 0.1) is 6.61 Å². The number of rotatable bonds is 3. The number of amides is 1. The van der Waals surface area contributed by atoms with Gasteiger partial charge in [-0.2, -0.15) is 0 Å². The quantitative estimate of drug-likeness (QED) is 0.853. The first-order valence-electron chi connectivity index (χ1n) is 7.76. The van der Waals surface area contributed by atoms with Crippen LogP contribution in [0.1, 0.15) is 28.8 Å². The first-order chi connectivity index (χ1) is 10.2. The number of carbonyl (C=O) groups is 1. The van der Waals surface area contributed by atoms with E-state index in [0.717, 1.165) is 37.2 Å². The van der Waals surface area contributed by atoms with Crippen LogP contribution in [0.25, 0.3) is 0 Å². The fourth-order valence-electron chi connectivity index (χ4n) is 3.77. The lowest BCUT2D eigenvalue weighted by molar-refractivity contribution is 0.0571. The zero-order chi connectivity index (χ0) is 14.8. The van der Waals surface area contributed by atoms with Gasteiger partial charge in [-0.05, 0) is 43.5 Å². The molecule has 0 saturated carbocycles. The number of nitrogens with zero attached hydrogens (tertiary/aromatic N) is 2. The van der Waals surface area contributed by atoms with Crippen molar-refractivity contribution in [3.8, 4) is 0 Å². The fraction of sp³-hybridized carbons (Fsp3) is 0.588. The average Bonchev–Trinajstić information content (AvgIpc) is 2.87. The maximum Gasteiger partial charge on any atom is 0.254 e. The Labute approximate surface area is 126 Å². The predicted octanol–water partition coefficient (Wildman–Crippen LogP) is 2.00. The zero-order valence-corrected chi connectivity index (χ0v) is 12.9. The number of ether oxygens (including phenoxy) is 1. The number of methoxy groups -OCH3 is 1. The van der Waals surface area contributed by atoms with E-state index in [1.165, 1.54) is 6.42 Å². The number of hydrogen-bond donors (Lipinski definition) is 0. The molecule has 0 spiro atoms. The van der Waals surface area contributed by atoms with Gasteiger partial charge < -0.3 is 14.5 Å².